The summed E-state index contributed by atoms with van der Waals surface area (Å²) in [6.07, 6.45) is -6.77. The summed E-state index contributed by atoms with van der Waals surface area (Å²) >= 11 is 0. The van der Waals surface area contributed by atoms with Gasteiger partial charge in [-0.05, 0) is 51.2 Å². The summed E-state index contributed by atoms with van der Waals surface area (Å²) in [5.74, 6) is -0.243. The molecule has 0 bridgehead atoms. The summed E-state index contributed by atoms with van der Waals surface area (Å²) in [5.41, 5.74) is 0.782. The molecular weight excluding hydrogens is 262 g/mol. The van der Waals surface area contributed by atoms with Gasteiger partial charge in [-0.25, -0.2) is 0 Å². The summed E-state index contributed by atoms with van der Waals surface area (Å²) in [5, 5.41) is 0. The van der Waals surface area contributed by atoms with Gasteiger partial charge in [-0.3, -0.25) is 0 Å². The first-order valence-electron chi connectivity index (χ1n) is 5.90. The summed E-state index contributed by atoms with van der Waals surface area (Å²) in [4.78, 5) is 2.01. The number of aryl methyl sites for hydroxylation is 1. The van der Waals surface area contributed by atoms with Gasteiger partial charge in [0.1, 0.15) is 5.75 Å². The van der Waals surface area contributed by atoms with Crippen molar-refractivity contribution in [3.8, 4) is 5.75 Å². The van der Waals surface area contributed by atoms with Gasteiger partial charge in [-0.2, -0.15) is 17.6 Å². The summed E-state index contributed by atoms with van der Waals surface area (Å²) in [6.45, 7) is 0.859. The number of rotatable bonds is 7. The maximum absolute atomic E-state index is 12.7. The molecule has 0 heterocycles. The van der Waals surface area contributed by atoms with Gasteiger partial charge in [-0.15, -0.1) is 0 Å². The van der Waals surface area contributed by atoms with Crippen molar-refractivity contribution in [3.05, 3.63) is 29.8 Å². The Labute approximate surface area is 110 Å². The van der Waals surface area contributed by atoms with Gasteiger partial charge >= 0.3 is 12.5 Å². The van der Waals surface area contributed by atoms with E-state index in [0.29, 0.717) is 6.42 Å². The maximum Gasteiger partial charge on any atom is 0.461 e. The average molecular weight is 279 g/mol. The van der Waals surface area contributed by atoms with Gasteiger partial charge in [0, 0.05) is 0 Å². The van der Waals surface area contributed by atoms with Crippen LogP contribution in [-0.4, -0.2) is 38.1 Å². The van der Waals surface area contributed by atoms with Crippen LogP contribution in [0.4, 0.5) is 17.6 Å². The molecule has 1 rings (SSSR count). The largest absolute Gasteiger partial charge is 0.461 e. The molecule has 1 aromatic rings. The van der Waals surface area contributed by atoms with E-state index in [4.69, 9.17) is 0 Å². The quantitative estimate of drug-likeness (QED) is 0.709. The second kappa shape index (κ2) is 6.75. The van der Waals surface area contributed by atoms with E-state index >= 15 is 0 Å². The summed E-state index contributed by atoms with van der Waals surface area (Å²) < 4.78 is 53.5. The Morgan fingerprint density at radius 3 is 2.53 bits per heavy atom. The number of nitrogens with zero attached hydrogens (tertiary/aromatic N) is 1. The molecule has 0 saturated heterocycles. The predicted octanol–water partition coefficient (Wildman–Crippen LogP) is 3.42. The Bertz CT molecular complexity index is 396. The van der Waals surface area contributed by atoms with Crippen molar-refractivity contribution < 1.29 is 22.3 Å². The molecule has 0 aliphatic heterocycles. The molecule has 0 atom stereocenters. The van der Waals surface area contributed by atoms with Gasteiger partial charge in [-0.1, -0.05) is 12.1 Å². The minimum absolute atomic E-state index is 0.243. The second-order valence-corrected chi connectivity index (χ2v) is 4.52. The lowest BCUT2D eigenvalue weighted by molar-refractivity contribution is -0.253. The lowest BCUT2D eigenvalue weighted by atomic mass is 10.1. The molecule has 0 aliphatic carbocycles. The van der Waals surface area contributed by atoms with Crippen LogP contribution in [0.25, 0.3) is 0 Å². The normalized spacial score (nSPS) is 12.2. The van der Waals surface area contributed by atoms with Gasteiger partial charge in [0.05, 0.1) is 0 Å². The number of hydrogen-bond donors (Lipinski definition) is 0. The standard InChI is InChI=1S/C13H17F4NO/c1-18(2)8-4-6-10-5-3-7-11(9-10)19-13(16,17)12(14)15/h3,5,7,9,12H,4,6,8H2,1-2H3. The van der Waals surface area contributed by atoms with Crippen molar-refractivity contribution in [3.63, 3.8) is 0 Å². The highest BCUT2D eigenvalue weighted by atomic mass is 19.3. The third-order valence-corrected chi connectivity index (χ3v) is 2.48. The molecule has 108 valence electrons. The number of ether oxygens (including phenoxy) is 1. The first-order valence-corrected chi connectivity index (χ1v) is 5.90. The molecule has 0 radical (unpaired) electrons. The second-order valence-electron chi connectivity index (χ2n) is 4.52. The third-order valence-electron chi connectivity index (χ3n) is 2.48. The Morgan fingerprint density at radius 2 is 1.95 bits per heavy atom. The lowest BCUT2D eigenvalue weighted by Gasteiger charge is -2.17. The van der Waals surface area contributed by atoms with Gasteiger partial charge in [0.2, 0.25) is 0 Å². The zero-order valence-corrected chi connectivity index (χ0v) is 10.9. The maximum atomic E-state index is 12.7. The summed E-state index contributed by atoms with van der Waals surface area (Å²) in [6, 6.07) is 5.88. The molecule has 0 N–H and O–H groups in total. The molecule has 0 spiro atoms. The van der Waals surface area contributed by atoms with Crippen molar-refractivity contribution in [2.45, 2.75) is 25.4 Å². The first kappa shape index (κ1) is 15.8. The topological polar surface area (TPSA) is 12.5 Å². The molecule has 19 heavy (non-hydrogen) atoms. The molecule has 1 aromatic carbocycles. The predicted molar refractivity (Wildman–Crippen MR) is 64.9 cm³/mol. The van der Waals surface area contributed by atoms with E-state index < -0.39 is 12.5 Å². The van der Waals surface area contributed by atoms with Crippen LogP contribution in [0.1, 0.15) is 12.0 Å². The monoisotopic (exact) mass is 279 g/mol. The molecule has 0 aromatic heterocycles. The van der Waals surface area contributed by atoms with Crippen LogP contribution in [0.5, 0.6) is 5.75 Å². The van der Waals surface area contributed by atoms with Gasteiger partial charge < -0.3 is 9.64 Å². The van der Waals surface area contributed by atoms with Crippen LogP contribution >= 0.6 is 0 Å². The minimum atomic E-state index is -4.46. The van der Waals surface area contributed by atoms with Crippen LogP contribution in [0, 0.1) is 0 Å². The fourth-order valence-corrected chi connectivity index (χ4v) is 1.57. The molecule has 6 heteroatoms. The van der Waals surface area contributed by atoms with Crippen molar-refractivity contribution in [2.75, 3.05) is 20.6 Å². The molecule has 0 fully saturated rings. The molecule has 2 nitrogen and oxygen atoms in total. The number of alkyl halides is 4. The van der Waals surface area contributed by atoms with Crippen molar-refractivity contribution in [2.24, 2.45) is 0 Å². The third kappa shape index (κ3) is 5.46. The fraction of sp³-hybridized carbons (Fsp3) is 0.538. The average Bonchev–Trinajstić information content (AvgIpc) is 2.28. The van der Waals surface area contributed by atoms with E-state index in [1.165, 1.54) is 18.2 Å². The lowest BCUT2D eigenvalue weighted by Crippen LogP contribution is -2.33. The smallest absolute Gasteiger partial charge is 0.428 e. The van der Waals surface area contributed by atoms with Crippen LogP contribution < -0.4 is 4.74 Å². The van der Waals surface area contributed by atoms with Gasteiger partial charge in [0.25, 0.3) is 0 Å². The Hall–Kier alpha value is -1.30. The van der Waals surface area contributed by atoms with E-state index in [-0.39, 0.29) is 5.75 Å². The first-order chi connectivity index (χ1) is 8.81. The number of benzene rings is 1. The van der Waals surface area contributed by atoms with Gasteiger partial charge in [0.15, 0.2) is 0 Å². The van der Waals surface area contributed by atoms with Crippen molar-refractivity contribution in [1.82, 2.24) is 4.90 Å². The zero-order valence-electron chi connectivity index (χ0n) is 10.9. The van der Waals surface area contributed by atoms with E-state index in [9.17, 15) is 17.6 Å². The minimum Gasteiger partial charge on any atom is -0.428 e. The molecule has 0 aliphatic rings. The van der Waals surface area contributed by atoms with Crippen LogP contribution in [0.3, 0.4) is 0 Å². The van der Waals surface area contributed by atoms with E-state index in [0.717, 1.165) is 18.5 Å². The van der Waals surface area contributed by atoms with E-state index in [1.54, 1.807) is 6.07 Å². The highest BCUT2D eigenvalue weighted by Crippen LogP contribution is 2.28. The Balaban J connectivity index is 2.62. The molecule has 0 saturated carbocycles. The van der Waals surface area contributed by atoms with Crippen molar-refractivity contribution >= 4 is 0 Å². The highest BCUT2D eigenvalue weighted by Gasteiger charge is 2.43. The molecule has 0 unspecified atom stereocenters. The highest BCUT2D eigenvalue weighted by molar-refractivity contribution is 5.28. The number of halogens is 4. The van der Waals surface area contributed by atoms with E-state index in [1.807, 2.05) is 19.0 Å². The molecular formula is C13H17F4NO. The van der Waals surface area contributed by atoms with Crippen LogP contribution in [0.2, 0.25) is 0 Å². The SMILES string of the molecule is CN(C)CCCc1cccc(OC(F)(F)C(F)F)c1. The fourth-order valence-electron chi connectivity index (χ4n) is 1.57. The van der Waals surface area contributed by atoms with Crippen molar-refractivity contribution in [1.29, 1.82) is 0 Å². The van der Waals surface area contributed by atoms with E-state index in [2.05, 4.69) is 4.74 Å². The molecule has 0 amide bonds. The van der Waals surface area contributed by atoms with Crippen LogP contribution in [-0.2, 0) is 6.42 Å². The Kier molecular flexibility index (Phi) is 5.60. The van der Waals surface area contributed by atoms with Crippen LogP contribution in [0.15, 0.2) is 24.3 Å². The number of hydrogen-bond acceptors (Lipinski definition) is 2. The zero-order chi connectivity index (χ0) is 14.5. The Morgan fingerprint density at radius 1 is 1.26 bits per heavy atom. The summed E-state index contributed by atoms with van der Waals surface area (Å²) in [7, 11) is 3.87.